The summed E-state index contributed by atoms with van der Waals surface area (Å²) < 4.78 is 6.47. The van der Waals surface area contributed by atoms with Gasteiger partial charge in [0.15, 0.2) is 0 Å². The minimum absolute atomic E-state index is 0.435. The van der Waals surface area contributed by atoms with Crippen LogP contribution in [-0.2, 0) is 12.0 Å². The zero-order valence-electron chi connectivity index (χ0n) is 25.8. The molecule has 0 aromatic heterocycles. The minimum Gasteiger partial charge on any atom is -0.457 e. The van der Waals surface area contributed by atoms with Crippen molar-refractivity contribution in [3.8, 4) is 44.9 Å². The molecule has 0 amide bonds. The molecule has 0 bridgehead atoms. The van der Waals surface area contributed by atoms with Crippen LogP contribution in [-0.4, -0.2) is 6.21 Å². The summed E-state index contributed by atoms with van der Waals surface area (Å²) in [5, 5.41) is 0. The lowest BCUT2D eigenvalue weighted by molar-refractivity contribution is 0.436. The zero-order valence-corrected chi connectivity index (χ0v) is 25.8. The predicted molar refractivity (Wildman–Crippen MR) is 192 cm³/mol. The van der Waals surface area contributed by atoms with Crippen LogP contribution in [0.5, 0.6) is 11.5 Å². The molecule has 1 spiro atoms. The lowest BCUT2D eigenvalue weighted by Gasteiger charge is -2.39. The molecule has 0 saturated carbocycles. The van der Waals surface area contributed by atoms with Gasteiger partial charge < -0.3 is 4.74 Å². The quantitative estimate of drug-likeness (QED) is 0.180. The van der Waals surface area contributed by atoms with E-state index >= 15 is 0 Å². The number of benzene rings is 7. The van der Waals surface area contributed by atoms with Crippen molar-refractivity contribution < 1.29 is 4.74 Å². The van der Waals surface area contributed by atoms with E-state index in [2.05, 4.69) is 169 Å². The Balaban J connectivity index is 1.08. The Morgan fingerprint density at radius 1 is 0.447 bits per heavy atom. The molecule has 1 aliphatic heterocycles. The maximum absolute atomic E-state index is 6.47. The summed E-state index contributed by atoms with van der Waals surface area (Å²) in [5.41, 5.74) is 14.2. The van der Waals surface area contributed by atoms with Crippen LogP contribution >= 0.6 is 0 Å². The lowest BCUT2D eigenvalue weighted by Crippen LogP contribution is -2.32. The highest BCUT2D eigenvalue weighted by Crippen LogP contribution is 2.62. The van der Waals surface area contributed by atoms with Crippen LogP contribution in [0.2, 0.25) is 0 Å². The molecule has 7 aromatic rings. The van der Waals surface area contributed by atoms with Gasteiger partial charge in [0.1, 0.15) is 11.5 Å². The molecule has 0 unspecified atom stereocenters. The van der Waals surface area contributed by atoms with Crippen molar-refractivity contribution in [3.63, 3.8) is 0 Å². The first kappa shape index (κ1) is 27.3. The van der Waals surface area contributed by atoms with Gasteiger partial charge in [0.25, 0.3) is 0 Å². The maximum Gasteiger partial charge on any atom is 0.132 e. The molecule has 0 N–H and O–H groups in total. The van der Waals surface area contributed by atoms with Crippen molar-refractivity contribution >= 4 is 6.21 Å². The van der Waals surface area contributed by atoms with Crippen LogP contribution in [0.3, 0.4) is 0 Å². The van der Waals surface area contributed by atoms with E-state index in [0.29, 0.717) is 6.54 Å². The van der Waals surface area contributed by atoms with E-state index in [-0.39, 0.29) is 0 Å². The lowest BCUT2D eigenvalue weighted by atomic mass is 9.66. The van der Waals surface area contributed by atoms with Gasteiger partial charge in [-0.1, -0.05) is 146 Å². The fourth-order valence-corrected chi connectivity index (χ4v) is 7.53. The molecule has 0 radical (unpaired) electrons. The van der Waals surface area contributed by atoms with Crippen molar-refractivity contribution in [3.05, 3.63) is 203 Å². The molecule has 2 nitrogen and oxygen atoms in total. The summed E-state index contributed by atoms with van der Waals surface area (Å²) >= 11 is 0. The largest absolute Gasteiger partial charge is 0.457 e. The Bertz CT molecular complexity index is 2250. The Kier molecular flexibility index (Phi) is 6.46. The molecule has 47 heavy (non-hydrogen) atoms. The van der Waals surface area contributed by atoms with Gasteiger partial charge in [-0.15, -0.1) is 0 Å². The number of hydrogen-bond acceptors (Lipinski definition) is 2. The minimum atomic E-state index is -0.435. The SMILES string of the molecule is C(=N\Cc1ccccc1)/c1cccc(-c2ccc(-c3ccc4c(c3)-c3ccccc3C43c4ccccc4Oc4ccccc43)cc2)c1. The van der Waals surface area contributed by atoms with Crippen LogP contribution in [0, 0.1) is 0 Å². The highest BCUT2D eigenvalue weighted by Gasteiger charge is 2.50. The Hall–Kier alpha value is -5.99. The normalized spacial score (nSPS) is 13.4. The summed E-state index contributed by atoms with van der Waals surface area (Å²) in [7, 11) is 0. The van der Waals surface area contributed by atoms with Crippen LogP contribution in [0.15, 0.2) is 175 Å². The molecule has 2 aliphatic rings. The third kappa shape index (κ3) is 4.45. The topological polar surface area (TPSA) is 21.6 Å². The highest BCUT2D eigenvalue weighted by atomic mass is 16.5. The van der Waals surface area contributed by atoms with Crippen LogP contribution in [0.4, 0.5) is 0 Å². The van der Waals surface area contributed by atoms with E-state index in [1.54, 1.807) is 0 Å². The van der Waals surface area contributed by atoms with Crippen molar-refractivity contribution in [1.82, 2.24) is 0 Å². The number of ether oxygens (including phenoxy) is 1. The summed E-state index contributed by atoms with van der Waals surface area (Å²) in [5.74, 6) is 1.83. The molecule has 0 fully saturated rings. The smallest absolute Gasteiger partial charge is 0.132 e. The van der Waals surface area contributed by atoms with Gasteiger partial charge in [-0.3, -0.25) is 4.99 Å². The second-order valence-corrected chi connectivity index (χ2v) is 12.3. The molecular weight excluding hydrogens is 571 g/mol. The van der Waals surface area contributed by atoms with Gasteiger partial charge in [-0.25, -0.2) is 0 Å². The number of fused-ring (bicyclic) bond motifs is 9. The first-order valence-electron chi connectivity index (χ1n) is 16.1. The highest BCUT2D eigenvalue weighted by molar-refractivity contribution is 5.91. The molecule has 9 rings (SSSR count). The molecule has 0 saturated heterocycles. The Morgan fingerprint density at radius 3 is 1.74 bits per heavy atom. The summed E-state index contributed by atoms with van der Waals surface area (Å²) in [4.78, 5) is 4.67. The molecule has 2 heteroatoms. The van der Waals surface area contributed by atoms with Gasteiger partial charge in [0, 0.05) is 17.3 Å². The predicted octanol–water partition coefficient (Wildman–Crippen LogP) is 11.1. The molecule has 222 valence electrons. The standard InChI is InChI=1S/C45H31NO/c1-2-11-31(12-3-1)29-46-30-32-13-10-14-35(27-32)33-21-23-34(24-22-33)36-25-26-40-38(28-36)37-15-4-5-16-39(37)45(40)41-17-6-8-19-43(41)47-44-20-9-7-18-42(44)45/h1-28,30H,29H2/b46-30+. The number of hydrogen-bond donors (Lipinski definition) is 0. The number of aliphatic imine (C=N–C) groups is 1. The van der Waals surface area contributed by atoms with E-state index in [0.717, 1.165) is 17.1 Å². The molecular formula is C45H31NO. The van der Waals surface area contributed by atoms with E-state index in [1.807, 2.05) is 12.3 Å². The number of para-hydroxylation sites is 2. The van der Waals surface area contributed by atoms with Gasteiger partial charge in [-0.2, -0.15) is 0 Å². The van der Waals surface area contributed by atoms with Gasteiger partial charge >= 0.3 is 0 Å². The first-order chi connectivity index (χ1) is 23.3. The third-order valence-electron chi connectivity index (χ3n) is 9.64. The zero-order chi connectivity index (χ0) is 31.2. The maximum atomic E-state index is 6.47. The van der Waals surface area contributed by atoms with Crippen LogP contribution < -0.4 is 4.74 Å². The second-order valence-electron chi connectivity index (χ2n) is 12.3. The van der Waals surface area contributed by atoms with Gasteiger partial charge in [0.2, 0.25) is 0 Å². The third-order valence-corrected chi connectivity index (χ3v) is 9.64. The summed E-state index contributed by atoms with van der Waals surface area (Å²) in [6, 6.07) is 60.8. The average Bonchev–Trinajstić information content (AvgIpc) is 3.42. The molecule has 0 atom stereocenters. The number of nitrogens with zero attached hydrogens (tertiary/aromatic N) is 1. The fourth-order valence-electron chi connectivity index (χ4n) is 7.53. The van der Waals surface area contributed by atoms with Crippen molar-refractivity contribution in [2.45, 2.75) is 12.0 Å². The van der Waals surface area contributed by atoms with E-state index in [4.69, 9.17) is 4.74 Å². The summed E-state index contributed by atoms with van der Waals surface area (Å²) in [6.45, 7) is 0.680. The van der Waals surface area contributed by atoms with Crippen LogP contribution in [0.25, 0.3) is 33.4 Å². The van der Waals surface area contributed by atoms with Gasteiger partial charge in [-0.05, 0) is 79.9 Å². The molecule has 7 aromatic carbocycles. The van der Waals surface area contributed by atoms with Crippen molar-refractivity contribution in [2.24, 2.45) is 4.99 Å². The molecule has 1 heterocycles. The van der Waals surface area contributed by atoms with Crippen molar-refractivity contribution in [1.29, 1.82) is 0 Å². The first-order valence-corrected chi connectivity index (χ1v) is 16.1. The summed E-state index contributed by atoms with van der Waals surface area (Å²) in [6.07, 6.45) is 1.97. The van der Waals surface area contributed by atoms with E-state index < -0.39 is 5.41 Å². The fraction of sp³-hybridized carbons (Fsp3) is 0.0444. The average molecular weight is 602 g/mol. The number of rotatable bonds is 5. The monoisotopic (exact) mass is 601 g/mol. The Labute approximate surface area is 275 Å². The van der Waals surface area contributed by atoms with Crippen LogP contribution in [0.1, 0.15) is 33.4 Å². The van der Waals surface area contributed by atoms with Gasteiger partial charge in [0.05, 0.1) is 12.0 Å². The van der Waals surface area contributed by atoms with E-state index in [9.17, 15) is 0 Å². The van der Waals surface area contributed by atoms with Crippen molar-refractivity contribution in [2.75, 3.05) is 0 Å². The Morgan fingerprint density at radius 2 is 1.02 bits per heavy atom. The molecule has 1 aliphatic carbocycles. The van der Waals surface area contributed by atoms with E-state index in [1.165, 1.54) is 61.2 Å². The second kappa shape index (κ2) is 11.1.